The second kappa shape index (κ2) is 10.9. The van der Waals surface area contributed by atoms with Gasteiger partial charge in [-0.15, -0.1) is 10.2 Å². The van der Waals surface area contributed by atoms with Crippen LogP contribution in [0.4, 0.5) is 11.4 Å². The molecule has 1 amide bonds. The Bertz CT molecular complexity index is 1090. The lowest BCUT2D eigenvalue weighted by molar-refractivity contribution is -0.113. The molecular weight excluding hydrogens is 434 g/mol. The van der Waals surface area contributed by atoms with Crippen molar-refractivity contribution in [1.82, 2.24) is 14.8 Å². The summed E-state index contributed by atoms with van der Waals surface area (Å²) >= 11 is 1.40. The van der Waals surface area contributed by atoms with Gasteiger partial charge in [0.25, 0.3) is 0 Å². The standard InChI is InChI=1S/C25H31N5O2S/c1-17-6-9-20(10-7-17)27-24(31)16-33-25-29-28-23(30(25)15-21-5-4-12-32-21)14-26-22-11-8-18(2)13-19(22)3/h6-11,13,21,26H,4-5,12,14-16H2,1-3H3,(H,27,31)/t21-/m0/s1. The molecule has 0 saturated carbocycles. The predicted molar refractivity (Wildman–Crippen MR) is 133 cm³/mol. The largest absolute Gasteiger partial charge is 0.378 e. The van der Waals surface area contributed by atoms with Gasteiger partial charge in [-0.1, -0.05) is 47.2 Å². The van der Waals surface area contributed by atoms with Gasteiger partial charge < -0.3 is 19.9 Å². The normalized spacial score (nSPS) is 15.5. The van der Waals surface area contributed by atoms with Gasteiger partial charge in [0.05, 0.1) is 24.9 Å². The second-order valence-corrected chi connectivity index (χ2v) is 9.46. The Morgan fingerprint density at radius 2 is 1.91 bits per heavy atom. The number of hydrogen-bond acceptors (Lipinski definition) is 6. The zero-order valence-electron chi connectivity index (χ0n) is 19.4. The molecule has 4 rings (SSSR count). The molecule has 1 aromatic heterocycles. The molecular formula is C25H31N5O2S. The molecule has 0 radical (unpaired) electrons. The van der Waals surface area contributed by atoms with Crippen LogP contribution in [0.1, 0.15) is 35.4 Å². The summed E-state index contributed by atoms with van der Waals surface area (Å²) in [7, 11) is 0. The highest BCUT2D eigenvalue weighted by Crippen LogP contribution is 2.23. The highest BCUT2D eigenvalue weighted by atomic mass is 32.2. The van der Waals surface area contributed by atoms with E-state index in [0.29, 0.717) is 13.1 Å². The van der Waals surface area contributed by atoms with Crippen LogP contribution < -0.4 is 10.6 Å². The summed E-state index contributed by atoms with van der Waals surface area (Å²) in [5.41, 5.74) is 5.47. The molecule has 2 heterocycles. The monoisotopic (exact) mass is 465 g/mol. The van der Waals surface area contributed by atoms with Crippen LogP contribution >= 0.6 is 11.8 Å². The lowest BCUT2D eigenvalue weighted by Gasteiger charge is -2.16. The minimum atomic E-state index is -0.0644. The number of nitrogens with one attached hydrogen (secondary N) is 2. The van der Waals surface area contributed by atoms with Crippen molar-refractivity contribution < 1.29 is 9.53 Å². The Morgan fingerprint density at radius 1 is 1.12 bits per heavy atom. The molecule has 1 atom stereocenters. The lowest BCUT2D eigenvalue weighted by Crippen LogP contribution is -2.20. The third-order valence-corrected chi connectivity index (χ3v) is 6.66. The molecule has 0 bridgehead atoms. The number of thioether (sulfide) groups is 1. The first kappa shape index (κ1) is 23.3. The topological polar surface area (TPSA) is 81.1 Å². The van der Waals surface area contributed by atoms with E-state index in [2.05, 4.69) is 57.4 Å². The molecule has 33 heavy (non-hydrogen) atoms. The van der Waals surface area contributed by atoms with Gasteiger partial charge in [0.1, 0.15) is 0 Å². The van der Waals surface area contributed by atoms with E-state index in [1.54, 1.807) is 0 Å². The summed E-state index contributed by atoms with van der Waals surface area (Å²) < 4.78 is 7.95. The second-order valence-electron chi connectivity index (χ2n) is 8.52. The van der Waals surface area contributed by atoms with Crippen molar-refractivity contribution in [1.29, 1.82) is 0 Å². The predicted octanol–water partition coefficient (Wildman–Crippen LogP) is 4.73. The van der Waals surface area contributed by atoms with Crippen molar-refractivity contribution in [3.63, 3.8) is 0 Å². The Balaban J connectivity index is 1.43. The number of carbonyl (C=O) groups excluding carboxylic acids is 1. The molecule has 1 aliphatic heterocycles. The first-order valence-electron chi connectivity index (χ1n) is 11.3. The van der Waals surface area contributed by atoms with Gasteiger partial charge in [-0.2, -0.15) is 0 Å². The van der Waals surface area contributed by atoms with E-state index in [0.717, 1.165) is 47.4 Å². The molecule has 8 heteroatoms. The average Bonchev–Trinajstić information content (AvgIpc) is 3.44. The number of aromatic nitrogens is 3. The third kappa shape index (κ3) is 6.36. The van der Waals surface area contributed by atoms with Crippen LogP contribution in [-0.4, -0.2) is 39.1 Å². The van der Waals surface area contributed by atoms with E-state index in [9.17, 15) is 4.79 Å². The van der Waals surface area contributed by atoms with E-state index in [-0.39, 0.29) is 17.8 Å². The van der Waals surface area contributed by atoms with Crippen LogP contribution in [0.2, 0.25) is 0 Å². The van der Waals surface area contributed by atoms with Crippen LogP contribution in [0.3, 0.4) is 0 Å². The molecule has 0 spiro atoms. The molecule has 1 aliphatic rings. The Kier molecular flexibility index (Phi) is 7.67. The van der Waals surface area contributed by atoms with Gasteiger partial charge in [-0.3, -0.25) is 4.79 Å². The van der Waals surface area contributed by atoms with Crippen molar-refractivity contribution in [3.05, 3.63) is 65.0 Å². The average molecular weight is 466 g/mol. The van der Waals surface area contributed by atoms with Crippen LogP contribution in [0.5, 0.6) is 0 Å². The van der Waals surface area contributed by atoms with E-state index in [1.807, 2.05) is 31.2 Å². The number of carbonyl (C=O) groups is 1. The maximum Gasteiger partial charge on any atom is 0.234 e. The van der Waals surface area contributed by atoms with E-state index >= 15 is 0 Å². The fraction of sp³-hybridized carbons (Fsp3) is 0.400. The quantitative estimate of drug-likeness (QED) is 0.445. The molecule has 0 aliphatic carbocycles. The van der Waals surface area contributed by atoms with Crippen molar-refractivity contribution in [2.24, 2.45) is 0 Å². The number of hydrogen-bond donors (Lipinski definition) is 2. The van der Waals surface area contributed by atoms with Gasteiger partial charge in [0.15, 0.2) is 11.0 Å². The van der Waals surface area contributed by atoms with E-state index in [1.165, 1.54) is 22.9 Å². The summed E-state index contributed by atoms with van der Waals surface area (Å²) in [5, 5.41) is 16.0. The maximum atomic E-state index is 12.5. The van der Waals surface area contributed by atoms with Crippen molar-refractivity contribution in [2.75, 3.05) is 23.0 Å². The van der Waals surface area contributed by atoms with Crippen LogP contribution in [0, 0.1) is 20.8 Å². The summed E-state index contributed by atoms with van der Waals surface area (Å²) in [6.45, 7) is 8.26. The Morgan fingerprint density at radius 3 is 2.64 bits per heavy atom. The third-order valence-electron chi connectivity index (χ3n) is 5.69. The summed E-state index contributed by atoms with van der Waals surface area (Å²) in [6, 6.07) is 14.1. The van der Waals surface area contributed by atoms with Crippen molar-refractivity contribution in [3.8, 4) is 0 Å². The lowest BCUT2D eigenvalue weighted by atomic mass is 10.1. The number of aryl methyl sites for hydroxylation is 3. The Hall–Kier alpha value is -2.84. The minimum Gasteiger partial charge on any atom is -0.378 e. The number of amides is 1. The number of ether oxygens (including phenoxy) is 1. The fourth-order valence-corrected chi connectivity index (χ4v) is 4.65. The molecule has 7 nitrogen and oxygen atoms in total. The highest BCUT2D eigenvalue weighted by molar-refractivity contribution is 7.99. The van der Waals surface area contributed by atoms with Gasteiger partial charge in [-0.05, 0) is 57.4 Å². The van der Waals surface area contributed by atoms with Crippen LogP contribution in [0.25, 0.3) is 0 Å². The summed E-state index contributed by atoms with van der Waals surface area (Å²) in [4.78, 5) is 12.5. The van der Waals surface area contributed by atoms with Gasteiger partial charge in [0, 0.05) is 18.0 Å². The number of rotatable bonds is 9. The van der Waals surface area contributed by atoms with Gasteiger partial charge in [-0.25, -0.2) is 0 Å². The molecule has 174 valence electrons. The highest BCUT2D eigenvalue weighted by Gasteiger charge is 2.21. The van der Waals surface area contributed by atoms with Gasteiger partial charge in [0.2, 0.25) is 5.91 Å². The molecule has 2 N–H and O–H groups in total. The number of benzene rings is 2. The molecule has 1 fully saturated rings. The first-order chi connectivity index (χ1) is 16.0. The number of anilines is 2. The molecule has 0 unspecified atom stereocenters. The molecule has 3 aromatic rings. The minimum absolute atomic E-state index is 0.0644. The molecule has 2 aromatic carbocycles. The summed E-state index contributed by atoms with van der Waals surface area (Å²) in [5.74, 6) is 1.04. The number of nitrogens with zero attached hydrogens (tertiary/aromatic N) is 3. The van der Waals surface area contributed by atoms with E-state index < -0.39 is 0 Å². The SMILES string of the molecule is Cc1ccc(NC(=O)CSc2nnc(CNc3ccc(C)cc3C)n2C[C@@H]2CCCO2)cc1. The fourth-order valence-electron chi connectivity index (χ4n) is 3.88. The van der Waals surface area contributed by atoms with Crippen molar-refractivity contribution >= 4 is 29.0 Å². The van der Waals surface area contributed by atoms with Gasteiger partial charge >= 0.3 is 0 Å². The zero-order chi connectivity index (χ0) is 23.2. The van der Waals surface area contributed by atoms with Crippen LogP contribution in [0.15, 0.2) is 47.6 Å². The van der Waals surface area contributed by atoms with Crippen LogP contribution in [-0.2, 0) is 22.6 Å². The smallest absolute Gasteiger partial charge is 0.234 e. The maximum absolute atomic E-state index is 12.5. The van der Waals surface area contributed by atoms with E-state index in [4.69, 9.17) is 4.74 Å². The zero-order valence-corrected chi connectivity index (χ0v) is 20.2. The Labute approximate surface area is 199 Å². The first-order valence-corrected chi connectivity index (χ1v) is 12.3. The molecule has 1 saturated heterocycles. The van der Waals surface area contributed by atoms with Crippen molar-refractivity contribution in [2.45, 2.75) is 58.0 Å². The summed E-state index contributed by atoms with van der Waals surface area (Å²) in [6.07, 6.45) is 2.26.